The van der Waals surface area contributed by atoms with E-state index in [0.717, 1.165) is 12.8 Å². The van der Waals surface area contributed by atoms with Gasteiger partial charge in [-0.25, -0.2) is 4.98 Å². The van der Waals surface area contributed by atoms with Gasteiger partial charge in [0, 0.05) is 6.04 Å². The van der Waals surface area contributed by atoms with E-state index in [-0.39, 0.29) is 18.3 Å². The minimum absolute atomic E-state index is 0.193. The Morgan fingerprint density at radius 3 is 3.05 bits per heavy atom. The number of amides is 1. The molecular formula is C11H14N6O2S. The lowest BCUT2D eigenvalue weighted by molar-refractivity contribution is 0.0954. The fourth-order valence-corrected chi connectivity index (χ4v) is 2.67. The second kappa shape index (κ2) is 5.45. The van der Waals surface area contributed by atoms with E-state index in [1.54, 1.807) is 0 Å². The zero-order valence-electron chi connectivity index (χ0n) is 10.6. The maximum Gasteiger partial charge on any atom is 0.265 e. The normalized spacial score (nSPS) is 14.8. The standard InChI is InChI=1S/C11H14N6O2S/c12-9-8(10(18)13-4-7-14-5-19-17-7)20-11(16-9)15-6-2-1-3-6/h5-6H,1-4,12H2,(H,13,18)(H,15,16). The lowest BCUT2D eigenvalue weighted by atomic mass is 9.93. The average molecular weight is 294 g/mol. The van der Waals surface area contributed by atoms with Gasteiger partial charge in [-0.2, -0.15) is 4.98 Å². The van der Waals surface area contributed by atoms with Crippen LogP contribution in [0.1, 0.15) is 34.8 Å². The Morgan fingerprint density at radius 1 is 1.55 bits per heavy atom. The van der Waals surface area contributed by atoms with E-state index < -0.39 is 0 Å². The molecule has 106 valence electrons. The van der Waals surface area contributed by atoms with Gasteiger partial charge >= 0.3 is 0 Å². The first-order chi connectivity index (χ1) is 9.72. The highest BCUT2D eigenvalue weighted by Gasteiger charge is 2.21. The number of anilines is 2. The zero-order chi connectivity index (χ0) is 13.9. The first-order valence-corrected chi connectivity index (χ1v) is 7.10. The van der Waals surface area contributed by atoms with Gasteiger partial charge in [-0.05, 0) is 19.3 Å². The van der Waals surface area contributed by atoms with Crippen molar-refractivity contribution < 1.29 is 9.32 Å². The van der Waals surface area contributed by atoms with Crippen molar-refractivity contribution in [1.82, 2.24) is 20.4 Å². The van der Waals surface area contributed by atoms with Gasteiger partial charge in [-0.1, -0.05) is 16.5 Å². The molecule has 2 heterocycles. The molecule has 1 saturated carbocycles. The Balaban J connectivity index is 1.61. The molecule has 0 radical (unpaired) electrons. The van der Waals surface area contributed by atoms with Crippen LogP contribution in [0.15, 0.2) is 10.9 Å². The summed E-state index contributed by atoms with van der Waals surface area (Å²) in [5, 5.41) is 10.2. The summed E-state index contributed by atoms with van der Waals surface area (Å²) in [5.74, 6) is 0.364. The smallest absolute Gasteiger partial charge is 0.265 e. The quantitative estimate of drug-likeness (QED) is 0.752. The van der Waals surface area contributed by atoms with E-state index in [9.17, 15) is 4.79 Å². The number of carbonyl (C=O) groups excluding carboxylic acids is 1. The summed E-state index contributed by atoms with van der Waals surface area (Å²) in [6.45, 7) is 0.193. The Bertz CT molecular complexity index is 592. The molecule has 1 amide bonds. The molecule has 0 spiro atoms. The van der Waals surface area contributed by atoms with Crippen molar-refractivity contribution in [3.8, 4) is 0 Å². The van der Waals surface area contributed by atoms with Crippen LogP contribution in [0.3, 0.4) is 0 Å². The lowest BCUT2D eigenvalue weighted by Gasteiger charge is -2.25. The highest BCUT2D eigenvalue weighted by molar-refractivity contribution is 7.18. The third-order valence-corrected chi connectivity index (χ3v) is 4.11. The van der Waals surface area contributed by atoms with Gasteiger partial charge in [-0.15, -0.1) is 0 Å². The maximum absolute atomic E-state index is 12.0. The minimum Gasteiger partial charge on any atom is -0.382 e. The summed E-state index contributed by atoms with van der Waals surface area (Å²) in [7, 11) is 0. The Morgan fingerprint density at radius 2 is 2.40 bits per heavy atom. The van der Waals surface area contributed by atoms with E-state index in [1.807, 2.05) is 0 Å². The highest BCUT2D eigenvalue weighted by atomic mass is 32.1. The Hall–Kier alpha value is -2.16. The SMILES string of the molecule is Nc1nc(NC2CCC2)sc1C(=O)NCc1ncon1. The average Bonchev–Trinajstić information content (AvgIpc) is 3.00. The van der Waals surface area contributed by atoms with Gasteiger partial charge in [0.2, 0.25) is 6.39 Å². The van der Waals surface area contributed by atoms with Gasteiger partial charge < -0.3 is 20.9 Å². The van der Waals surface area contributed by atoms with Crippen LogP contribution in [0.4, 0.5) is 10.9 Å². The van der Waals surface area contributed by atoms with E-state index in [0.29, 0.717) is 21.9 Å². The number of rotatable bonds is 5. The highest BCUT2D eigenvalue weighted by Crippen LogP contribution is 2.29. The van der Waals surface area contributed by atoms with Gasteiger partial charge in [0.05, 0.1) is 6.54 Å². The molecule has 8 nitrogen and oxygen atoms in total. The number of aromatic nitrogens is 3. The number of thiazole rings is 1. The molecule has 0 unspecified atom stereocenters. The molecule has 9 heteroatoms. The fourth-order valence-electron chi connectivity index (χ4n) is 1.79. The molecule has 0 aromatic carbocycles. The van der Waals surface area contributed by atoms with Crippen LogP contribution in [0.2, 0.25) is 0 Å². The Labute approximate surface area is 118 Å². The van der Waals surface area contributed by atoms with Crippen LogP contribution < -0.4 is 16.4 Å². The largest absolute Gasteiger partial charge is 0.382 e. The second-order valence-corrected chi connectivity index (χ2v) is 5.53. The zero-order valence-corrected chi connectivity index (χ0v) is 11.4. The predicted molar refractivity (Wildman–Crippen MR) is 73.3 cm³/mol. The molecule has 2 aromatic rings. The molecule has 0 aliphatic heterocycles. The van der Waals surface area contributed by atoms with Crippen LogP contribution in [0.25, 0.3) is 0 Å². The third kappa shape index (κ3) is 2.72. The molecule has 20 heavy (non-hydrogen) atoms. The fraction of sp³-hybridized carbons (Fsp3) is 0.455. The topological polar surface area (TPSA) is 119 Å². The van der Waals surface area contributed by atoms with Crippen molar-refractivity contribution in [2.45, 2.75) is 31.8 Å². The van der Waals surface area contributed by atoms with Gasteiger partial charge in [0.25, 0.3) is 5.91 Å². The first kappa shape index (κ1) is 12.9. The number of nitrogens with zero attached hydrogens (tertiary/aromatic N) is 3. The molecule has 0 saturated heterocycles. The number of carbonyl (C=O) groups is 1. The molecule has 2 aromatic heterocycles. The summed E-state index contributed by atoms with van der Waals surface area (Å²) in [5.41, 5.74) is 5.78. The van der Waals surface area contributed by atoms with Crippen LogP contribution in [-0.4, -0.2) is 27.1 Å². The van der Waals surface area contributed by atoms with E-state index in [1.165, 1.54) is 24.2 Å². The van der Waals surface area contributed by atoms with Gasteiger partial charge in [0.15, 0.2) is 11.0 Å². The lowest BCUT2D eigenvalue weighted by Crippen LogP contribution is -2.26. The number of hydrogen-bond donors (Lipinski definition) is 3. The second-order valence-electron chi connectivity index (χ2n) is 4.54. The summed E-state index contributed by atoms with van der Waals surface area (Å²) < 4.78 is 4.59. The molecule has 1 aliphatic carbocycles. The van der Waals surface area contributed by atoms with Crippen molar-refractivity contribution in [3.63, 3.8) is 0 Å². The van der Waals surface area contributed by atoms with Crippen LogP contribution in [-0.2, 0) is 6.54 Å². The van der Waals surface area contributed by atoms with Crippen LogP contribution >= 0.6 is 11.3 Å². The molecule has 1 aliphatic rings. The van der Waals surface area contributed by atoms with E-state index >= 15 is 0 Å². The summed E-state index contributed by atoms with van der Waals surface area (Å²) in [4.78, 5) is 20.4. The number of nitrogens with two attached hydrogens (primary N) is 1. The van der Waals surface area contributed by atoms with E-state index in [4.69, 9.17) is 5.73 Å². The van der Waals surface area contributed by atoms with Crippen molar-refractivity contribution in [2.24, 2.45) is 0 Å². The third-order valence-electron chi connectivity index (χ3n) is 3.11. The van der Waals surface area contributed by atoms with Crippen molar-refractivity contribution >= 4 is 28.2 Å². The van der Waals surface area contributed by atoms with Crippen LogP contribution in [0, 0.1) is 0 Å². The predicted octanol–water partition coefficient (Wildman–Crippen LogP) is 1.00. The maximum atomic E-state index is 12.0. The molecular weight excluding hydrogens is 280 g/mol. The van der Waals surface area contributed by atoms with Crippen molar-refractivity contribution in [1.29, 1.82) is 0 Å². The van der Waals surface area contributed by atoms with Crippen molar-refractivity contribution in [3.05, 3.63) is 17.1 Å². The minimum atomic E-state index is -0.286. The molecule has 1 fully saturated rings. The van der Waals surface area contributed by atoms with Crippen molar-refractivity contribution in [2.75, 3.05) is 11.1 Å². The van der Waals surface area contributed by atoms with E-state index in [2.05, 4.69) is 30.3 Å². The Kier molecular flexibility index (Phi) is 3.50. The molecule has 4 N–H and O–H groups in total. The van der Waals surface area contributed by atoms with Gasteiger partial charge in [0.1, 0.15) is 10.7 Å². The molecule has 0 atom stereocenters. The number of nitrogens with one attached hydrogen (secondary N) is 2. The monoisotopic (exact) mass is 294 g/mol. The summed E-state index contributed by atoms with van der Waals surface area (Å²) in [6, 6.07) is 0.454. The first-order valence-electron chi connectivity index (χ1n) is 6.28. The van der Waals surface area contributed by atoms with Crippen LogP contribution in [0.5, 0.6) is 0 Å². The summed E-state index contributed by atoms with van der Waals surface area (Å²) >= 11 is 1.26. The summed E-state index contributed by atoms with van der Waals surface area (Å²) in [6.07, 6.45) is 4.72. The number of hydrogen-bond acceptors (Lipinski definition) is 8. The molecule has 0 bridgehead atoms. The number of nitrogen functional groups attached to an aromatic ring is 1. The molecule has 3 rings (SSSR count). The van der Waals surface area contributed by atoms with Gasteiger partial charge in [-0.3, -0.25) is 4.79 Å².